The first-order valence-electron chi connectivity index (χ1n) is 9.62. The van der Waals surface area contributed by atoms with Gasteiger partial charge >= 0.3 is 0 Å². The van der Waals surface area contributed by atoms with Crippen molar-refractivity contribution in [3.63, 3.8) is 0 Å². The highest BCUT2D eigenvalue weighted by Gasteiger charge is 2.17. The van der Waals surface area contributed by atoms with E-state index >= 15 is 0 Å². The lowest BCUT2D eigenvalue weighted by molar-refractivity contribution is 0.174. The third-order valence-electron chi connectivity index (χ3n) is 4.97. The molecule has 4 rings (SSSR count). The highest BCUT2D eigenvalue weighted by Crippen LogP contribution is 2.36. The minimum absolute atomic E-state index is 0.248. The van der Waals surface area contributed by atoms with Gasteiger partial charge in [0.15, 0.2) is 11.5 Å². The van der Waals surface area contributed by atoms with E-state index in [1.54, 1.807) is 21.3 Å². The molecule has 1 aliphatic rings. The van der Waals surface area contributed by atoms with E-state index in [0.29, 0.717) is 19.7 Å². The number of rotatable bonds is 9. The number of aromatic nitrogens is 2. The van der Waals surface area contributed by atoms with Gasteiger partial charge in [-0.3, -0.25) is 0 Å². The largest absolute Gasteiger partial charge is 0.497 e. The zero-order chi connectivity index (χ0) is 20.9. The van der Waals surface area contributed by atoms with Crippen molar-refractivity contribution in [1.29, 1.82) is 0 Å². The summed E-state index contributed by atoms with van der Waals surface area (Å²) in [6.45, 7) is 2.02. The molecular formula is C22H25N3O5. The summed E-state index contributed by atoms with van der Waals surface area (Å²) in [6, 6.07) is 11.6. The van der Waals surface area contributed by atoms with Gasteiger partial charge in [0.2, 0.25) is 12.7 Å². The molecule has 0 amide bonds. The number of imidazole rings is 1. The average Bonchev–Trinajstić information content (AvgIpc) is 3.42. The van der Waals surface area contributed by atoms with Crippen LogP contribution in [0.1, 0.15) is 5.56 Å². The van der Waals surface area contributed by atoms with E-state index in [1.165, 1.54) is 0 Å². The Balaban J connectivity index is 1.59. The van der Waals surface area contributed by atoms with E-state index in [0.717, 1.165) is 45.8 Å². The van der Waals surface area contributed by atoms with Crippen LogP contribution in [0.5, 0.6) is 23.0 Å². The molecule has 30 heavy (non-hydrogen) atoms. The Bertz CT molecular complexity index is 1020. The molecule has 3 aromatic rings. The molecule has 0 spiro atoms. The molecule has 0 atom stereocenters. The van der Waals surface area contributed by atoms with Gasteiger partial charge in [-0.2, -0.15) is 0 Å². The van der Waals surface area contributed by atoms with Gasteiger partial charge in [0.25, 0.3) is 0 Å². The number of hydrogen-bond donors (Lipinski definition) is 1. The first-order valence-corrected chi connectivity index (χ1v) is 9.62. The van der Waals surface area contributed by atoms with Crippen molar-refractivity contribution in [2.24, 2.45) is 0 Å². The predicted molar refractivity (Wildman–Crippen MR) is 113 cm³/mol. The molecule has 0 unspecified atom stereocenters. The summed E-state index contributed by atoms with van der Waals surface area (Å²) in [5.74, 6) is 3.75. The molecule has 158 valence electrons. The van der Waals surface area contributed by atoms with E-state index in [-0.39, 0.29) is 6.79 Å². The van der Waals surface area contributed by atoms with E-state index in [4.69, 9.17) is 23.7 Å². The molecule has 1 aromatic heterocycles. The van der Waals surface area contributed by atoms with Crippen LogP contribution in [-0.2, 0) is 17.8 Å². The van der Waals surface area contributed by atoms with Crippen LogP contribution in [0.15, 0.2) is 42.6 Å². The molecule has 8 nitrogen and oxygen atoms in total. The Hall–Kier alpha value is -3.39. The van der Waals surface area contributed by atoms with Crippen LogP contribution in [0, 0.1) is 0 Å². The number of hydrogen-bond acceptors (Lipinski definition) is 7. The Morgan fingerprint density at radius 3 is 2.70 bits per heavy atom. The second kappa shape index (κ2) is 8.96. The molecular weight excluding hydrogens is 386 g/mol. The summed E-state index contributed by atoms with van der Waals surface area (Å²) in [5, 5.41) is 3.41. The Labute approximate surface area is 175 Å². The van der Waals surface area contributed by atoms with Crippen LogP contribution in [-0.4, -0.2) is 44.3 Å². The van der Waals surface area contributed by atoms with Gasteiger partial charge in [0.05, 0.1) is 32.7 Å². The van der Waals surface area contributed by atoms with E-state index in [1.807, 2.05) is 42.6 Å². The van der Waals surface area contributed by atoms with Crippen LogP contribution in [0.25, 0.3) is 11.3 Å². The number of methoxy groups -OCH3 is 3. The monoisotopic (exact) mass is 411 g/mol. The normalized spacial score (nSPS) is 12.1. The van der Waals surface area contributed by atoms with Crippen LogP contribution in [0.4, 0.5) is 5.95 Å². The zero-order valence-corrected chi connectivity index (χ0v) is 17.3. The lowest BCUT2D eigenvalue weighted by Crippen LogP contribution is -2.12. The molecule has 0 aliphatic carbocycles. The first-order chi connectivity index (χ1) is 14.7. The van der Waals surface area contributed by atoms with Gasteiger partial charge in [-0.1, -0.05) is 0 Å². The van der Waals surface area contributed by atoms with Crippen molar-refractivity contribution in [3.05, 3.63) is 48.2 Å². The summed E-state index contributed by atoms with van der Waals surface area (Å²) in [7, 11) is 4.97. The summed E-state index contributed by atoms with van der Waals surface area (Å²) in [4.78, 5) is 4.60. The highest BCUT2D eigenvalue weighted by molar-refractivity contribution is 5.66. The van der Waals surface area contributed by atoms with Gasteiger partial charge in [-0.05, 0) is 30.3 Å². The number of ether oxygens (including phenoxy) is 5. The number of nitrogens with zero attached hydrogens (tertiary/aromatic N) is 2. The molecule has 0 bridgehead atoms. The van der Waals surface area contributed by atoms with Crippen LogP contribution < -0.4 is 24.3 Å². The van der Waals surface area contributed by atoms with Crippen molar-refractivity contribution in [2.45, 2.75) is 13.1 Å². The fraction of sp³-hybridized carbons (Fsp3) is 0.318. The van der Waals surface area contributed by atoms with E-state index in [9.17, 15) is 0 Å². The molecule has 0 radical (unpaired) electrons. The second-order valence-corrected chi connectivity index (χ2v) is 6.71. The molecule has 0 saturated heterocycles. The van der Waals surface area contributed by atoms with Gasteiger partial charge in [0, 0.05) is 37.4 Å². The van der Waals surface area contributed by atoms with Crippen LogP contribution in [0.3, 0.4) is 0 Å². The first kappa shape index (κ1) is 19.9. The van der Waals surface area contributed by atoms with Crippen molar-refractivity contribution >= 4 is 5.95 Å². The molecule has 1 aliphatic heterocycles. The third-order valence-corrected chi connectivity index (χ3v) is 4.97. The Morgan fingerprint density at radius 1 is 1.03 bits per heavy atom. The number of nitrogens with one attached hydrogen (secondary N) is 1. The minimum atomic E-state index is 0.248. The lowest BCUT2D eigenvalue weighted by atomic mass is 10.1. The SMILES string of the molecule is COCCn1c(-c2ccc3c(c2)OCO3)cnc1NCc1ccc(OC)cc1OC. The number of anilines is 1. The van der Waals surface area contributed by atoms with Gasteiger partial charge in [-0.25, -0.2) is 4.98 Å². The maximum atomic E-state index is 5.52. The average molecular weight is 411 g/mol. The standard InChI is InChI=1S/C22H25N3O5/c1-26-9-8-25-18(15-5-7-19-21(10-15)30-14-29-19)13-24-22(25)23-12-16-4-6-17(27-2)11-20(16)28-3/h4-7,10-11,13H,8-9,12,14H2,1-3H3,(H,23,24). The molecule has 0 fully saturated rings. The fourth-order valence-corrected chi connectivity index (χ4v) is 3.38. The van der Waals surface area contributed by atoms with Gasteiger partial charge in [0.1, 0.15) is 11.5 Å². The minimum Gasteiger partial charge on any atom is -0.497 e. The smallest absolute Gasteiger partial charge is 0.231 e. The third kappa shape index (κ3) is 3.99. The maximum Gasteiger partial charge on any atom is 0.231 e. The van der Waals surface area contributed by atoms with Gasteiger partial charge < -0.3 is 33.6 Å². The zero-order valence-electron chi connectivity index (χ0n) is 17.3. The van der Waals surface area contributed by atoms with Crippen LogP contribution in [0.2, 0.25) is 0 Å². The molecule has 1 N–H and O–H groups in total. The molecule has 8 heteroatoms. The Kier molecular flexibility index (Phi) is 5.94. The number of benzene rings is 2. The van der Waals surface area contributed by atoms with Gasteiger partial charge in [-0.15, -0.1) is 0 Å². The maximum absolute atomic E-state index is 5.52. The highest BCUT2D eigenvalue weighted by atomic mass is 16.7. The van der Waals surface area contributed by atoms with Crippen molar-refractivity contribution in [2.75, 3.05) is 40.0 Å². The molecule has 2 aromatic carbocycles. The topological polar surface area (TPSA) is 76.0 Å². The Morgan fingerprint density at radius 2 is 1.90 bits per heavy atom. The second-order valence-electron chi connectivity index (χ2n) is 6.71. The fourth-order valence-electron chi connectivity index (χ4n) is 3.38. The summed E-state index contributed by atoms with van der Waals surface area (Å²) in [5.41, 5.74) is 2.97. The van der Waals surface area contributed by atoms with Crippen molar-refractivity contribution in [1.82, 2.24) is 9.55 Å². The lowest BCUT2D eigenvalue weighted by Gasteiger charge is -2.15. The summed E-state index contributed by atoms with van der Waals surface area (Å²) < 4.78 is 29.1. The molecule has 0 saturated carbocycles. The van der Waals surface area contributed by atoms with E-state index in [2.05, 4.69) is 14.9 Å². The molecule has 2 heterocycles. The summed E-state index contributed by atoms with van der Waals surface area (Å²) in [6.07, 6.45) is 1.85. The number of fused-ring (bicyclic) bond motifs is 1. The predicted octanol–water partition coefficient (Wildman–Crippen LogP) is 3.55. The quantitative estimate of drug-likeness (QED) is 0.577. The van der Waals surface area contributed by atoms with Crippen LogP contribution >= 0.6 is 0 Å². The summed E-state index contributed by atoms with van der Waals surface area (Å²) >= 11 is 0. The van der Waals surface area contributed by atoms with Crippen molar-refractivity contribution < 1.29 is 23.7 Å². The van der Waals surface area contributed by atoms with E-state index < -0.39 is 0 Å². The van der Waals surface area contributed by atoms with Crippen molar-refractivity contribution in [3.8, 4) is 34.3 Å².